The zero-order chi connectivity index (χ0) is 39.1. The van der Waals surface area contributed by atoms with Crippen LogP contribution in [0.3, 0.4) is 0 Å². The number of hydrogen-bond donors (Lipinski definition) is 3. The van der Waals surface area contributed by atoms with Gasteiger partial charge in [0.15, 0.2) is 6.10 Å². The standard InChI is InChI=1S/C42H79O10P/c1-3-5-7-9-11-13-15-17-18-19-20-22-24-26-28-30-32-34-42(46)52-40(38-51-53(47,48)50-36-39(44)35-43)37-49-41(45)33-31-29-27-25-23-21-16-14-12-10-8-6-4-2/h13-16,39-40,43-44H,3-12,17-38H2,1-2H3,(H,47,48)/b15-13+,16-14+/t39-,40+/m0/s1. The Morgan fingerprint density at radius 3 is 1.36 bits per heavy atom. The third kappa shape index (κ3) is 38.5. The molecule has 0 radical (unpaired) electrons. The minimum atomic E-state index is -4.61. The summed E-state index contributed by atoms with van der Waals surface area (Å²) in [6.45, 7) is 2.35. The molecule has 0 saturated heterocycles. The van der Waals surface area contributed by atoms with E-state index in [1.807, 2.05) is 0 Å². The number of hydrogen-bond acceptors (Lipinski definition) is 9. The molecule has 11 heteroatoms. The molecule has 3 atom stereocenters. The van der Waals surface area contributed by atoms with Gasteiger partial charge in [-0.05, 0) is 64.2 Å². The molecule has 0 aromatic rings. The second-order valence-electron chi connectivity index (χ2n) is 14.4. The van der Waals surface area contributed by atoms with E-state index in [1.54, 1.807) is 0 Å². The molecule has 0 saturated carbocycles. The summed E-state index contributed by atoms with van der Waals surface area (Å²) in [5, 5.41) is 18.3. The predicted molar refractivity (Wildman–Crippen MR) is 215 cm³/mol. The van der Waals surface area contributed by atoms with Gasteiger partial charge < -0.3 is 24.6 Å². The summed E-state index contributed by atoms with van der Waals surface area (Å²) in [7, 11) is -4.61. The van der Waals surface area contributed by atoms with Gasteiger partial charge in [-0.3, -0.25) is 18.6 Å². The van der Waals surface area contributed by atoms with Crippen molar-refractivity contribution in [2.24, 2.45) is 0 Å². The van der Waals surface area contributed by atoms with Crippen LogP contribution in [0.4, 0.5) is 0 Å². The minimum Gasteiger partial charge on any atom is -0.462 e. The number of aliphatic hydroxyl groups excluding tert-OH is 2. The van der Waals surface area contributed by atoms with Crippen molar-refractivity contribution in [1.29, 1.82) is 0 Å². The fourth-order valence-electron chi connectivity index (χ4n) is 5.75. The van der Waals surface area contributed by atoms with Gasteiger partial charge in [-0.15, -0.1) is 0 Å². The number of carbonyl (C=O) groups excluding carboxylic acids is 2. The molecule has 10 nitrogen and oxygen atoms in total. The SMILES string of the molecule is CCCCCC/C=C/CCCCCCCCCCCC(=O)O[C@H](COC(=O)CCCCCCC/C=C/CCCCCC)COP(=O)(O)OC[C@@H](O)CO. The van der Waals surface area contributed by atoms with Crippen LogP contribution in [0.5, 0.6) is 0 Å². The third-order valence-electron chi connectivity index (χ3n) is 9.08. The second kappa shape index (κ2) is 38.7. The molecule has 0 aliphatic carbocycles. The zero-order valence-corrected chi connectivity index (χ0v) is 34.6. The molecule has 0 bridgehead atoms. The van der Waals surface area contributed by atoms with Crippen molar-refractivity contribution < 1.29 is 47.8 Å². The lowest BCUT2D eigenvalue weighted by Crippen LogP contribution is -2.29. The number of aliphatic hydroxyl groups is 2. The van der Waals surface area contributed by atoms with Crippen LogP contribution in [0.1, 0.15) is 194 Å². The summed E-state index contributed by atoms with van der Waals surface area (Å²) in [6, 6.07) is 0. The molecule has 0 aliphatic rings. The monoisotopic (exact) mass is 775 g/mol. The van der Waals surface area contributed by atoms with Gasteiger partial charge in [0.25, 0.3) is 0 Å². The van der Waals surface area contributed by atoms with Crippen molar-refractivity contribution in [2.45, 2.75) is 206 Å². The van der Waals surface area contributed by atoms with Gasteiger partial charge >= 0.3 is 19.8 Å². The first-order valence-corrected chi connectivity index (χ1v) is 22.8. The molecule has 0 rings (SSSR count). The van der Waals surface area contributed by atoms with Gasteiger partial charge in [0.2, 0.25) is 0 Å². The van der Waals surface area contributed by atoms with Crippen molar-refractivity contribution in [3.8, 4) is 0 Å². The molecule has 312 valence electrons. The topological polar surface area (TPSA) is 149 Å². The lowest BCUT2D eigenvalue weighted by atomic mass is 10.1. The van der Waals surface area contributed by atoms with Crippen molar-refractivity contribution in [3.63, 3.8) is 0 Å². The summed E-state index contributed by atoms with van der Waals surface area (Å²) in [5.74, 6) is -0.933. The number of phosphoric acid groups is 1. The Labute approximate surface area is 323 Å². The van der Waals surface area contributed by atoms with Gasteiger partial charge in [-0.25, -0.2) is 4.57 Å². The van der Waals surface area contributed by atoms with Crippen LogP contribution in [0.15, 0.2) is 24.3 Å². The van der Waals surface area contributed by atoms with Crippen LogP contribution >= 0.6 is 7.82 Å². The van der Waals surface area contributed by atoms with Crippen LogP contribution in [0, 0.1) is 0 Å². The average Bonchev–Trinajstić information content (AvgIpc) is 3.14. The van der Waals surface area contributed by atoms with E-state index in [0.29, 0.717) is 12.8 Å². The molecular formula is C42H79O10P. The zero-order valence-electron chi connectivity index (χ0n) is 33.7. The number of allylic oxidation sites excluding steroid dienone is 4. The third-order valence-corrected chi connectivity index (χ3v) is 10.0. The summed E-state index contributed by atoms with van der Waals surface area (Å²) in [6.07, 6.45) is 37.1. The maximum atomic E-state index is 12.6. The van der Waals surface area contributed by atoms with E-state index in [1.165, 1.54) is 96.3 Å². The Balaban J connectivity index is 4.30. The lowest BCUT2D eigenvalue weighted by Gasteiger charge is -2.20. The molecule has 0 spiro atoms. The highest BCUT2D eigenvalue weighted by Crippen LogP contribution is 2.43. The fourth-order valence-corrected chi connectivity index (χ4v) is 6.54. The highest BCUT2D eigenvalue weighted by atomic mass is 31.2. The normalized spacial score (nSPS) is 14.1. The lowest BCUT2D eigenvalue weighted by molar-refractivity contribution is -0.161. The maximum Gasteiger partial charge on any atom is 0.472 e. The maximum absolute atomic E-state index is 12.6. The summed E-state index contributed by atoms with van der Waals surface area (Å²) in [4.78, 5) is 34.9. The van der Waals surface area contributed by atoms with Gasteiger partial charge in [0.05, 0.1) is 19.8 Å². The predicted octanol–water partition coefficient (Wildman–Crippen LogP) is 11.0. The smallest absolute Gasteiger partial charge is 0.462 e. The van der Waals surface area contributed by atoms with Crippen LogP contribution in [0.25, 0.3) is 0 Å². The van der Waals surface area contributed by atoms with Gasteiger partial charge in [-0.2, -0.15) is 0 Å². The molecular weight excluding hydrogens is 695 g/mol. The first kappa shape index (κ1) is 51.5. The van der Waals surface area contributed by atoms with E-state index < -0.39 is 51.8 Å². The summed E-state index contributed by atoms with van der Waals surface area (Å²) < 4.78 is 32.7. The van der Waals surface area contributed by atoms with Crippen LogP contribution in [-0.2, 0) is 32.7 Å². The van der Waals surface area contributed by atoms with E-state index in [-0.39, 0.29) is 19.4 Å². The quantitative estimate of drug-likeness (QED) is 0.0238. The van der Waals surface area contributed by atoms with E-state index in [9.17, 15) is 24.2 Å². The van der Waals surface area contributed by atoms with Crippen molar-refractivity contribution in [1.82, 2.24) is 0 Å². The highest BCUT2D eigenvalue weighted by Gasteiger charge is 2.27. The summed E-state index contributed by atoms with van der Waals surface area (Å²) >= 11 is 0. The average molecular weight is 775 g/mol. The van der Waals surface area contributed by atoms with Crippen LogP contribution in [0.2, 0.25) is 0 Å². The molecule has 0 aromatic carbocycles. The second-order valence-corrected chi connectivity index (χ2v) is 15.8. The molecule has 3 N–H and O–H groups in total. The number of carbonyl (C=O) groups is 2. The highest BCUT2D eigenvalue weighted by molar-refractivity contribution is 7.47. The molecule has 0 aromatic heterocycles. The Hall–Kier alpha value is -1.55. The van der Waals surface area contributed by atoms with Crippen LogP contribution in [-0.4, -0.2) is 65.7 Å². The molecule has 0 aliphatic heterocycles. The molecule has 0 fully saturated rings. The van der Waals surface area contributed by atoms with Crippen LogP contribution < -0.4 is 0 Å². The van der Waals surface area contributed by atoms with Crippen molar-refractivity contribution in [2.75, 3.05) is 26.4 Å². The first-order chi connectivity index (χ1) is 25.7. The number of esters is 2. The van der Waals surface area contributed by atoms with E-state index in [0.717, 1.165) is 57.8 Å². The van der Waals surface area contributed by atoms with Gasteiger partial charge in [0.1, 0.15) is 12.7 Å². The van der Waals surface area contributed by atoms with Crippen molar-refractivity contribution >= 4 is 19.8 Å². The fraction of sp³-hybridized carbons (Fsp3) is 0.857. The largest absolute Gasteiger partial charge is 0.472 e. The molecule has 0 heterocycles. The number of unbranched alkanes of at least 4 members (excludes halogenated alkanes) is 22. The summed E-state index contributed by atoms with van der Waals surface area (Å²) in [5.41, 5.74) is 0. The van der Waals surface area contributed by atoms with Gasteiger partial charge in [-0.1, -0.05) is 141 Å². The van der Waals surface area contributed by atoms with E-state index >= 15 is 0 Å². The van der Waals surface area contributed by atoms with Gasteiger partial charge in [0, 0.05) is 12.8 Å². The molecule has 53 heavy (non-hydrogen) atoms. The first-order valence-electron chi connectivity index (χ1n) is 21.3. The number of ether oxygens (including phenoxy) is 2. The Bertz CT molecular complexity index is 941. The Kier molecular flexibility index (Phi) is 37.6. The Morgan fingerprint density at radius 1 is 0.547 bits per heavy atom. The number of rotatable bonds is 40. The van der Waals surface area contributed by atoms with Crippen molar-refractivity contribution in [3.05, 3.63) is 24.3 Å². The molecule has 0 amide bonds. The number of phosphoric ester groups is 1. The van der Waals surface area contributed by atoms with E-state index in [4.69, 9.17) is 19.1 Å². The minimum absolute atomic E-state index is 0.182. The molecule has 1 unspecified atom stereocenters. The Morgan fingerprint density at radius 2 is 0.925 bits per heavy atom. The van der Waals surface area contributed by atoms with E-state index in [2.05, 4.69) is 42.7 Å².